The summed E-state index contributed by atoms with van der Waals surface area (Å²) < 4.78 is 2.68. The van der Waals surface area contributed by atoms with Crippen molar-refractivity contribution in [3.8, 4) is 0 Å². The van der Waals surface area contributed by atoms with Gasteiger partial charge in [0.1, 0.15) is 5.88 Å². The van der Waals surface area contributed by atoms with Gasteiger partial charge < -0.3 is 5.32 Å². The molecule has 0 bridgehead atoms. The summed E-state index contributed by atoms with van der Waals surface area (Å²) in [4.78, 5) is 10.9. The molecular formula is C8H11BrClN3O. The largest absolute Gasteiger partial charge is 0.349 e. The van der Waals surface area contributed by atoms with Crippen molar-refractivity contribution >= 4 is 33.4 Å². The maximum atomic E-state index is 10.9. The average Bonchev–Trinajstić information content (AvgIpc) is 2.42. The molecule has 6 heteroatoms. The fourth-order valence-corrected chi connectivity index (χ4v) is 1.56. The van der Waals surface area contributed by atoms with Crippen molar-refractivity contribution in [2.24, 2.45) is 7.05 Å². The minimum atomic E-state index is -0.193. The number of amides is 1. The van der Waals surface area contributed by atoms with Crippen LogP contribution in [-0.4, -0.2) is 21.6 Å². The van der Waals surface area contributed by atoms with E-state index in [1.165, 1.54) is 0 Å². The van der Waals surface area contributed by atoms with Gasteiger partial charge in [-0.1, -0.05) is 0 Å². The molecule has 0 fully saturated rings. The lowest BCUT2D eigenvalue weighted by Crippen LogP contribution is -2.24. The van der Waals surface area contributed by atoms with Gasteiger partial charge in [-0.2, -0.15) is 5.10 Å². The van der Waals surface area contributed by atoms with Crippen LogP contribution in [0, 0.1) is 6.92 Å². The van der Waals surface area contributed by atoms with Crippen LogP contribution in [0.3, 0.4) is 0 Å². The normalized spacial score (nSPS) is 10.3. The summed E-state index contributed by atoms with van der Waals surface area (Å²) in [5.41, 5.74) is 1.84. The maximum Gasteiger partial charge on any atom is 0.235 e. The van der Waals surface area contributed by atoms with Gasteiger partial charge >= 0.3 is 0 Å². The van der Waals surface area contributed by atoms with E-state index in [1.807, 2.05) is 14.0 Å². The van der Waals surface area contributed by atoms with Gasteiger partial charge in [0.2, 0.25) is 5.91 Å². The van der Waals surface area contributed by atoms with Crippen LogP contribution in [0.2, 0.25) is 0 Å². The number of carbonyl (C=O) groups excluding carboxylic acids is 1. The third-order valence-corrected chi connectivity index (χ3v) is 3.18. The number of halogens is 2. The van der Waals surface area contributed by atoms with E-state index in [0.29, 0.717) is 6.54 Å². The number of alkyl halides is 1. The topological polar surface area (TPSA) is 46.9 Å². The van der Waals surface area contributed by atoms with Crippen molar-refractivity contribution in [3.05, 3.63) is 15.9 Å². The quantitative estimate of drug-likeness (QED) is 0.850. The lowest BCUT2D eigenvalue weighted by Gasteiger charge is -1.99. The molecule has 1 aromatic heterocycles. The molecule has 0 aliphatic carbocycles. The zero-order valence-corrected chi connectivity index (χ0v) is 10.3. The summed E-state index contributed by atoms with van der Waals surface area (Å²) in [6.45, 7) is 2.35. The summed E-state index contributed by atoms with van der Waals surface area (Å²) in [6.07, 6.45) is 0. The zero-order valence-electron chi connectivity index (χ0n) is 7.97. The standard InChI is InChI=1S/C8H11BrClN3O/c1-5-8(9)6(12-13(5)2)4-11-7(14)3-10/h3-4H2,1-2H3,(H,11,14). The summed E-state index contributed by atoms with van der Waals surface area (Å²) in [5.74, 6) is -0.217. The van der Waals surface area contributed by atoms with Gasteiger partial charge in [0.05, 0.1) is 16.7 Å². The van der Waals surface area contributed by atoms with E-state index in [4.69, 9.17) is 11.6 Å². The molecule has 14 heavy (non-hydrogen) atoms. The number of nitrogens with zero attached hydrogens (tertiary/aromatic N) is 2. The molecule has 1 amide bonds. The molecule has 1 rings (SSSR count). The van der Waals surface area contributed by atoms with Crippen molar-refractivity contribution in [2.75, 3.05) is 5.88 Å². The zero-order chi connectivity index (χ0) is 10.7. The molecule has 0 saturated heterocycles. The van der Waals surface area contributed by atoms with Gasteiger partial charge in [-0.15, -0.1) is 11.6 Å². The van der Waals surface area contributed by atoms with Crippen molar-refractivity contribution in [2.45, 2.75) is 13.5 Å². The second kappa shape index (κ2) is 4.79. The van der Waals surface area contributed by atoms with Gasteiger partial charge in [0.15, 0.2) is 0 Å². The minimum absolute atomic E-state index is 0.0244. The fraction of sp³-hybridized carbons (Fsp3) is 0.500. The molecule has 1 N–H and O–H groups in total. The smallest absolute Gasteiger partial charge is 0.235 e. The molecule has 4 nitrogen and oxygen atoms in total. The van der Waals surface area contributed by atoms with Gasteiger partial charge in [0, 0.05) is 12.7 Å². The van der Waals surface area contributed by atoms with Crippen molar-refractivity contribution in [3.63, 3.8) is 0 Å². The highest BCUT2D eigenvalue weighted by molar-refractivity contribution is 9.10. The number of carbonyl (C=O) groups is 1. The molecule has 0 aliphatic heterocycles. The molecule has 0 aliphatic rings. The van der Waals surface area contributed by atoms with E-state index in [1.54, 1.807) is 4.68 Å². The predicted molar refractivity (Wildman–Crippen MR) is 58.2 cm³/mol. The molecule has 1 aromatic rings. The highest BCUT2D eigenvalue weighted by Gasteiger charge is 2.10. The van der Waals surface area contributed by atoms with E-state index >= 15 is 0 Å². The highest BCUT2D eigenvalue weighted by atomic mass is 79.9. The predicted octanol–water partition coefficient (Wildman–Crippen LogP) is 1.35. The molecular weight excluding hydrogens is 269 g/mol. The minimum Gasteiger partial charge on any atom is -0.349 e. The number of rotatable bonds is 3. The lowest BCUT2D eigenvalue weighted by atomic mass is 10.3. The molecule has 0 radical (unpaired) electrons. The first-order valence-electron chi connectivity index (χ1n) is 4.07. The maximum absolute atomic E-state index is 10.9. The first kappa shape index (κ1) is 11.5. The van der Waals surface area contributed by atoms with Crippen LogP contribution in [0.5, 0.6) is 0 Å². The lowest BCUT2D eigenvalue weighted by molar-refractivity contribution is -0.118. The van der Waals surface area contributed by atoms with Crippen LogP contribution >= 0.6 is 27.5 Å². The molecule has 0 saturated carbocycles. The van der Waals surface area contributed by atoms with E-state index in [9.17, 15) is 4.79 Å². The third-order valence-electron chi connectivity index (χ3n) is 1.90. The van der Waals surface area contributed by atoms with Gasteiger partial charge in [0.25, 0.3) is 0 Å². The number of aryl methyl sites for hydroxylation is 1. The Morgan fingerprint density at radius 2 is 2.36 bits per heavy atom. The molecule has 78 valence electrons. The Kier molecular flexibility index (Phi) is 3.95. The Morgan fingerprint density at radius 1 is 1.71 bits per heavy atom. The molecule has 0 atom stereocenters. The number of aromatic nitrogens is 2. The monoisotopic (exact) mass is 279 g/mol. The van der Waals surface area contributed by atoms with Crippen LogP contribution in [-0.2, 0) is 18.4 Å². The van der Waals surface area contributed by atoms with Gasteiger partial charge in [-0.3, -0.25) is 9.48 Å². The Bertz CT molecular complexity index is 351. The van der Waals surface area contributed by atoms with E-state index in [-0.39, 0.29) is 11.8 Å². The van der Waals surface area contributed by atoms with Crippen LogP contribution < -0.4 is 5.32 Å². The highest BCUT2D eigenvalue weighted by Crippen LogP contribution is 2.19. The van der Waals surface area contributed by atoms with Crippen molar-refractivity contribution < 1.29 is 4.79 Å². The van der Waals surface area contributed by atoms with Crippen molar-refractivity contribution in [1.29, 1.82) is 0 Å². The average molecular weight is 281 g/mol. The first-order valence-corrected chi connectivity index (χ1v) is 5.39. The SMILES string of the molecule is Cc1c(Br)c(CNC(=O)CCl)nn1C. The van der Waals surface area contributed by atoms with E-state index < -0.39 is 0 Å². The third kappa shape index (κ3) is 2.48. The summed E-state index contributed by atoms with van der Waals surface area (Å²) >= 11 is 8.75. The van der Waals surface area contributed by atoms with E-state index in [2.05, 4.69) is 26.3 Å². The Morgan fingerprint density at radius 3 is 2.79 bits per heavy atom. The first-order chi connectivity index (χ1) is 6.56. The number of hydrogen-bond acceptors (Lipinski definition) is 2. The van der Waals surface area contributed by atoms with Gasteiger partial charge in [-0.05, 0) is 22.9 Å². The van der Waals surface area contributed by atoms with Crippen LogP contribution in [0.15, 0.2) is 4.47 Å². The van der Waals surface area contributed by atoms with Gasteiger partial charge in [-0.25, -0.2) is 0 Å². The Labute approximate surface area is 95.7 Å². The molecule has 0 aromatic carbocycles. The fourth-order valence-electron chi connectivity index (χ4n) is 0.993. The molecule has 0 unspecified atom stereocenters. The summed E-state index contributed by atoms with van der Waals surface area (Å²) in [7, 11) is 1.85. The second-order valence-corrected chi connectivity index (χ2v) is 3.94. The molecule has 1 heterocycles. The van der Waals surface area contributed by atoms with Crippen LogP contribution in [0.4, 0.5) is 0 Å². The van der Waals surface area contributed by atoms with Crippen LogP contribution in [0.25, 0.3) is 0 Å². The van der Waals surface area contributed by atoms with Crippen LogP contribution in [0.1, 0.15) is 11.4 Å². The number of nitrogens with one attached hydrogen (secondary N) is 1. The number of hydrogen-bond donors (Lipinski definition) is 1. The van der Waals surface area contributed by atoms with Crippen molar-refractivity contribution in [1.82, 2.24) is 15.1 Å². The Balaban J connectivity index is 2.68. The molecule has 0 spiro atoms. The Hall–Kier alpha value is -0.550. The van der Waals surface area contributed by atoms with E-state index in [0.717, 1.165) is 15.9 Å². The second-order valence-electron chi connectivity index (χ2n) is 2.88. The summed E-state index contributed by atoms with van der Waals surface area (Å²) in [5, 5.41) is 6.88. The summed E-state index contributed by atoms with van der Waals surface area (Å²) in [6, 6.07) is 0.